The van der Waals surface area contributed by atoms with Crippen molar-refractivity contribution in [2.45, 2.75) is 18.9 Å². The molecular formula is C24H14Cl2F6N4O. The van der Waals surface area contributed by atoms with Crippen LogP contribution in [0.25, 0.3) is 11.3 Å². The SMILES string of the molecule is O=C(Nc1ccc(Cl)c(Cl)c1)c1nnn(Cc2cc(C(F)(F)F)cc(C(F)(F)F)c2)c1-c1ccccc1. The summed E-state index contributed by atoms with van der Waals surface area (Å²) >= 11 is 11.9. The topological polar surface area (TPSA) is 59.8 Å². The lowest BCUT2D eigenvalue weighted by Gasteiger charge is -2.15. The van der Waals surface area contributed by atoms with Gasteiger partial charge in [-0.15, -0.1) is 5.10 Å². The zero-order valence-corrected chi connectivity index (χ0v) is 19.8. The van der Waals surface area contributed by atoms with E-state index >= 15 is 0 Å². The molecular weight excluding hydrogens is 545 g/mol. The monoisotopic (exact) mass is 558 g/mol. The number of nitrogens with zero attached hydrogens (tertiary/aromatic N) is 3. The van der Waals surface area contributed by atoms with Crippen LogP contribution in [0.2, 0.25) is 10.0 Å². The highest BCUT2D eigenvalue weighted by molar-refractivity contribution is 6.42. The maximum Gasteiger partial charge on any atom is 0.416 e. The number of aromatic nitrogens is 3. The smallest absolute Gasteiger partial charge is 0.320 e. The maximum atomic E-state index is 13.3. The van der Waals surface area contributed by atoms with Gasteiger partial charge in [-0.3, -0.25) is 4.79 Å². The number of benzene rings is 3. The van der Waals surface area contributed by atoms with E-state index in [9.17, 15) is 31.1 Å². The average Bonchev–Trinajstić information content (AvgIpc) is 3.24. The van der Waals surface area contributed by atoms with Gasteiger partial charge in [0.15, 0.2) is 5.69 Å². The van der Waals surface area contributed by atoms with E-state index in [1.54, 1.807) is 30.3 Å². The van der Waals surface area contributed by atoms with Crippen LogP contribution in [0.3, 0.4) is 0 Å². The van der Waals surface area contributed by atoms with Crippen molar-refractivity contribution in [2.75, 3.05) is 5.32 Å². The molecule has 0 bridgehead atoms. The molecule has 0 spiro atoms. The largest absolute Gasteiger partial charge is 0.416 e. The number of halogens is 8. The molecule has 4 rings (SSSR count). The van der Waals surface area contributed by atoms with Crippen LogP contribution in [-0.2, 0) is 18.9 Å². The molecule has 0 radical (unpaired) electrons. The van der Waals surface area contributed by atoms with Gasteiger partial charge in [0.25, 0.3) is 5.91 Å². The van der Waals surface area contributed by atoms with Gasteiger partial charge >= 0.3 is 12.4 Å². The highest BCUT2D eigenvalue weighted by Gasteiger charge is 2.37. The molecule has 0 aliphatic carbocycles. The molecule has 1 heterocycles. The van der Waals surface area contributed by atoms with E-state index in [0.29, 0.717) is 17.7 Å². The normalized spacial score (nSPS) is 12.0. The number of hydrogen-bond donors (Lipinski definition) is 1. The van der Waals surface area contributed by atoms with Gasteiger partial charge in [-0.05, 0) is 42.0 Å². The van der Waals surface area contributed by atoms with Gasteiger partial charge in [0.2, 0.25) is 0 Å². The number of anilines is 1. The first-order valence-corrected chi connectivity index (χ1v) is 11.1. The molecule has 0 unspecified atom stereocenters. The fourth-order valence-electron chi connectivity index (χ4n) is 3.51. The van der Waals surface area contributed by atoms with E-state index in [4.69, 9.17) is 23.2 Å². The number of amides is 1. The Balaban J connectivity index is 1.77. The Kier molecular flexibility index (Phi) is 7.20. The Morgan fingerprint density at radius 2 is 1.46 bits per heavy atom. The van der Waals surface area contributed by atoms with Gasteiger partial charge in [0, 0.05) is 11.3 Å². The Labute approximate surface area is 215 Å². The van der Waals surface area contributed by atoms with Crippen molar-refractivity contribution >= 4 is 34.8 Å². The van der Waals surface area contributed by atoms with Crippen LogP contribution < -0.4 is 5.32 Å². The third kappa shape index (κ3) is 6.05. The number of alkyl halides is 6. The first kappa shape index (κ1) is 26.5. The van der Waals surface area contributed by atoms with Crippen LogP contribution in [0.1, 0.15) is 27.2 Å². The Bertz CT molecular complexity index is 1420. The van der Waals surface area contributed by atoms with Crippen LogP contribution in [0.15, 0.2) is 66.7 Å². The number of carbonyl (C=O) groups is 1. The van der Waals surface area contributed by atoms with Gasteiger partial charge in [-0.1, -0.05) is 58.7 Å². The molecule has 0 aliphatic heterocycles. The molecule has 1 amide bonds. The second kappa shape index (κ2) is 10.1. The summed E-state index contributed by atoms with van der Waals surface area (Å²) in [5.41, 5.74) is -2.69. The molecule has 0 saturated carbocycles. The lowest BCUT2D eigenvalue weighted by atomic mass is 10.0. The predicted octanol–water partition coefficient (Wildman–Crippen LogP) is 7.59. The van der Waals surface area contributed by atoms with Gasteiger partial charge in [0.05, 0.1) is 27.7 Å². The maximum absolute atomic E-state index is 13.3. The van der Waals surface area contributed by atoms with Crippen LogP contribution in [0, 0.1) is 0 Å². The number of rotatable bonds is 5. The average molecular weight is 559 g/mol. The van der Waals surface area contributed by atoms with Crippen molar-refractivity contribution in [3.63, 3.8) is 0 Å². The second-order valence-electron chi connectivity index (χ2n) is 7.81. The molecule has 37 heavy (non-hydrogen) atoms. The second-order valence-corrected chi connectivity index (χ2v) is 8.62. The third-order valence-corrected chi connectivity index (χ3v) is 5.89. The van der Waals surface area contributed by atoms with E-state index < -0.39 is 35.9 Å². The van der Waals surface area contributed by atoms with Crippen LogP contribution in [0.5, 0.6) is 0 Å². The summed E-state index contributed by atoms with van der Waals surface area (Å²) < 4.78 is 81.0. The summed E-state index contributed by atoms with van der Waals surface area (Å²) in [6.07, 6.45) is -10.0. The molecule has 4 aromatic rings. The molecule has 0 atom stereocenters. The summed E-state index contributed by atoms with van der Waals surface area (Å²) in [6.45, 7) is -0.524. The van der Waals surface area contributed by atoms with Gasteiger partial charge in [-0.2, -0.15) is 26.3 Å². The van der Waals surface area contributed by atoms with Crippen LogP contribution >= 0.6 is 23.2 Å². The molecule has 1 N–H and O–H groups in total. The summed E-state index contributed by atoms with van der Waals surface area (Å²) in [4.78, 5) is 13.0. The molecule has 13 heteroatoms. The Hall–Kier alpha value is -3.57. The summed E-state index contributed by atoms with van der Waals surface area (Å²) in [6, 6.07) is 13.7. The summed E-state index contributed by atoms with van der Waals surface area (Å²) in [5.74, 6) is -0.733. The minimum atomic E-state index is -5.01. The van der Waals surface area contributed by atoms with Crippen molar-refractivity contribution < 1.29 is 31.1 Å². The molecule has 0 aliphatic rings. The van der Waals surface area contributed by atoms with E-state index in [-0.39, 0.29) is 38.8 Å². The Morgan fingerprint density at radius 1 is 0.838 bits per heavy atom. The lowest BCUT2D eigenvalue weighted by molar-refractivity contribution is -0.143. The highest BCUT2D eigenvalue weighted by Crippen LogP contribution is 2.37. The molecule has 0 saturated heterocycles. The van der Waals surface area contributed by atoms with Crippen molar-refractivity contribution in [2.24, 2.45) is 0 Å². The molecule has 192 valence electrons. The molecule has 5 nitrogen and oxygen atoms in total. The van der Waals surface area contributed by atoms with Crippen molar-refractivity contribution in [1.29, 1.82) is 0 Å². The quantitative estimate of drug-likeness (QED) is 0.257. The minimum absolute atomic E-state index is 0.0407. The molecule has 0 fully saturated rings. The van der Waals surface area contributed by atoms with E-state index in [1.807, 2.05) is 0 Å². The highest BCUT2D eigenvalue weighted by atomic mass is 35.5. The third-order valence-electron chi connectivity index (χ3n) is 5.15. The van der Waals surface area contributed by atoms with Crippen molar-refractivity contribution in [3.05, 3.63) is 99.2 Å². The fourth-order valence-corrected chi connectivity index (χ4v) is 3.80. The van der Waals surface area contributed by atoms with Crippen molar-refractivity contribution in [3.8, 4) is 11.3 Å². The zero-order chi connectivity index (χ0) is 27.0. The van der Waals surface area contributed by atoms with E-state index in [1.165, 1.54) is 18.2 Å². The first-order valence-electron chi connectivity index (χ1n) is 10.4. The summed E-state index contributed by atoms with van der Waals surface area (Å²) in [5, 5.41) is 10.7. The van der Waals surface area contributed by atoms with E-state index in [2.05, 4.69) is 15.6 Å². The van der Waals surface area contributed by atoms with Gasteiger partial charge in [0.1, 0.15) is 5.69 Å². The standard InChI is InChI=1S/C24H14Cl2F6N4O/c25-18-7-6-17(11-19(18)26)33-22(37)20-21(14-4-2-1-3-5-14)36(35-34-20)12-13-8-15(23(27,28)29)10-16(9-13)24(30,31)32/h1-11H,12H2,(H,33,37). The number of hydrogen-bond acceptors (Lipinski definition) is 3. The Morgan fingerprint density at radius 3 is 2.03 bits per heavy atom. The summed E-state index contributed by atoms with van der Waals surface area (Å²) in [7, 11) is 0. The number of carbonyl (C=O) groups excluding carboxylic acids is 1. The van der Waals surface area contributed by atoms with Crippen LogP contribution in [0.4, 0.5) is 32.0 Å². The van der Waals surface area contributed by atoms with Crippen LogP contribution in [-0.4, -0.2) is 20.9 Å². The molecule has 1 aromatic heterocycles. The van der Waals surface area contributed by atoms with Gasteiger partial charge in [-0.25, -0.2) is 4.68 Å². The first-order chi connectivity index (χ1) is 17.3. The lowest BCUT2D eigenvalue weighted by Crippen LogP contribution is -2.15. The fraction of sp³-hybridized carbons (Fsp3) is 0.125. The predicted molar refractivity (Wildman–Crippen MR) is 125 cm³/mol. The van der Waals surface area contributed by atoms with Gasteiger partial charge < -0.3 is 5.32 Å². The van der Waals surface area contributed by atoms with Crippen molar-refractivity contribution in [1.82, 2.24) is 15.0 Å². The number of nitrogens with one attached hydrogen (secondary N) is 1. The molecule has 3 aromatic carbocycles. The minimum Gasteiger partial charge on any atom is -0.320 e. The van der Waals surface area contributed by atoms with E-state index in [0.717, 1.165) is 4.68 Å². The zero-order valence-electron chi connectivity index (χ0n) is 18.3.